The van der Waals surface area contributed by atoms with Gasteiger partial charge >= 0.3 is 0 Å². The van der Waals surface area contributed by atoms with Crippen molar-refractivity contribution in [2.45, 2.75) is 6.04 Å². The molecule has 1 aromatic rings. The number of nitrogens with zero attached hydrogens (tertiary/aromatic N) is 2. The summed E-state index contributed by atoms with van der Waals surface area (Å²) in [5.41, 5.74) is 0.929. The lowest BCUT2D eigenvalue weighted by atomic mass is 10.0. The van der Waals surface area contributed by atoms with E-state index in [1.165, 1.54) is 26.2 Å². The fourth-order valence-electron chi connectivity index (χ4n) is 2.28. The number of amides is 1. The van der Waals surface area contributed by atoms with Crippen molar-refractivity contribution in [3.63, 3.8) is 0 Å². The molecule has 1 aromatic carbocycles. The van der Waals surface area contributed by atoms with Crippen LogP contribution in [0.15, 0.2) is 6.07 Å². The van der Waals surface area contributed by atoms with Gasteiger partial charge < -0.3 is 19.1 Å². The van der Waals surface area contributed by atoms with Crippen molar-refractivity contribution in [1.82, 2.24) is 4.90 Å². The third-order valence-electron chi connectivity index (χ3n) is 3.20. The molecule has 1 atom stereocenters. The first-order valence-electron chi connectivity index (χ1n) is 5.60. The van der Waals surface area contributed by atoms with Crippen LogP contribution in [0.5, 0.6) is 17.2 Å². The van der Waals surface area contributed by atoms with Gasteiger partial charge in [0.1, 0.15) is 6.04 Å². The van der Waals surface area contributed by atoms with Gasteiger partial charge in [0, 0.05) is 12.6 Å². The summed E-state index contributed by atoms with van der Waals surface area (Å²) >= 11 is 0. The Labute approximate surface area is 111 Å². The maximum Gasteiger partial charge on any atom is 0.255 e. The largest absolute Gasteiger partial charge is 0.493 e. The van der Waals surface area contributed by atoms with E-state index < -0.39 is 6.04 Å². The first-order valence-corrected chi connectivity index (χ1v) is 5.60. The minimum absolute atomic E-state index is 0.235. The van der Waals surface area contributed by atoms with E-state index in [9.17, 15) is 10.1 Å². The zero-order valence-electron chi connectivity index (χ0n) is 11.2. The lowest BCUT2D eigenvalue weighted by Gasteiger charge is -2.17. The molecule has 1 amide bonds. The number of ether oxygens (including phenoxy) is 3. The van der Waals surface area contributed by atoms with Gasteiger partial charge in [0.2, 0.25) is 5.75 Å². The molecule has 2 rings (SSSR count). The summed E-state index contributed by atoms with van der Waals surface area (Å²) in [5.74, 6) is 0.910. The van der Waals surface area contributed by atoms with Gasteiger partial charge in [0.05, 0.1) is 33.0 Å². The second-order valence-corrected chi connectivity index (χ2v) is 4.05. The van der Waals surface area contributed by atoms with Crippen molar-refractivity contribution in [1.29, 1.82) is 5.26 Å². The van der Waals surface area contributed by atoms with Crippen LogP contribution in [0, 0.1) is 11.3 Å². The summed E-state index contributed by atoms with van der Waals surface area (Å²) in [6, 6.07) is 2.99. The van der Waals surface area contributed by atoms with Gasteiger partial charge in [-0.1, -0.05) is 0 Å². The first kappa shape index (κ1) is 13.0. The number of nitriles is 1. The molecular formula is C13H14N2O4. The number of carbonyl (C=O) groups excluding carboxylic acids is 1. The normalized spacial score (nSPS) is 16.9. The number of rotatable bonds is 3. The molecule has 0 saturated heterocycles. The minimum atomic E-state index is -0.683. The minimum Gasteiger partial charge on any atom is -0.493 e. The van der Waals surface area contributed by atoms with Crippen molar-refractivity contribution in [3.05, 3.63) is 17.2 Å². The van der Waals surface area contributed by atoms with Crippen molar-refractivity contribution in [3.8, 4) is 23.3 Å². The van der Waals surface area contributed by atoms with E-state index in [0.717, 1.165) is 0 Å². The van der Waals surface area contributed by atoms with Crippen molar-refractivity contribution < 1.29 is 19.0 Å². The molecule has 0 saturated carbocycles. The van der Waals surface area contributed by atoms with Crippen molar-refractivity contribution in [2.24, 2.45) is 0 Å². The summed E-state index contributed by atoms with van der Waals surface area (Å²) in [6.45, 7) is 0. The molecule has 0 fully saturated rings. The zero-order valence-corrected chi connectivity index (χ0v) is 11.2. The average Bonchev–Trinajstić information content (AvgIpc) is 2.68. The van der Waals surface area contributed by atoms with Gasteiger partial charge in [-0.15, -0.1) is 0 Å². The molecule has 0 radical (unpaired) electrons. The molecular weight excluding hydrogens is 248 g/mol. The lowest BCUT2D eigenvalue weighted by molar-refractivity contribution is 0.0799. The van der Waals surface area contributed by atoms with Crippen LogP contribution in [0.1, 0.15) is 22.0 Å². The second-order valence-electron chi connectivity index (χ2n) is 4.05. The summed E-state index contributed by atoms with van der Waals surface area (Å²) in [5, 5.41) is 9.24. The van der Waals surface area contributed by atoms with Gasteiger partial charge in [-0.2, -0.15) is 5.26 Å². The SMILES string of the molecule is COc1cc2c(c(OC)c1OC)C(C#N)N(C)C2=O. The lowest BCUT2D eigenvalue weighted by Crippen LogP contribution is -2.21. The molecule has 0 aliphatic carbocycles. The maximum atomic E-state index is 12.1. The summed E-state index contributed by atoms with van der Waals surface area (Å²) in [7, 11) is 6.01. The molecule has 0 aromatic heterocycles. The van der Waals surface area contributed by atoms with E-state index in [0.29, 0.717) is 28.4 Å². The predicted octanol–water partition coefficient (Wildman–Crippen LogP) is 1.36. The Hall–Kier alpha value is -2.42. The molecule has 1 aliphatic heterocycles. The van der Waals surface area contributed by atoms with E-state index in [2.05, 4.69) is 6.07 Å². The number of hydrogen-bond donors (Lipinski definition) is 0. The van der Waals surface area contributed by atoms with Gasteiger partial charge in [-0.3, -0.25) is 4.79 Å². The average molecular weight is 262 g/mol. The van der Waals surface area contributed by atoms with Gasteiger partial charge in [0.15, 0.2) is 11.5 Å². The van der Waals surface area contributed by atoms with E-state index in [-0.39, 0.29) is 5.91 Å². The van der Waals surface area contributed by atoms with E-state index in [4.69, 9.17) is 14.2 Å². The summed E-state index contributed by atoms with van der Waals surface area (Å²) in [6.07, 6.45) is 0. The molecule has 19 heavy (non-hydrogen) atoms. The smallest absolute Gasteiger partial charge is 0.255 e. The number of methoxy groups -OCH3 is 3. The third-order valence-corrected chi connectivity index (χ3v) is 3.20. The Morgan fingerprint density at radius 1 is 1.21 bits per heavy atom. The van der Waals surface area contributed by atoms with Gasteiger partial charge in [0.25, 0.3) is 5.91 Å². The molecule has 6 nitrogen and oxygen atoms in total. The van der Waals surface area contributed by atoms with E-state index in [1.807, 2.05) is 0 Å². The van der Waals surface area contributed by atoms with Crippen LogP contribution in [-0.2, 0) is 0 Å². The molecule has 100 valence electrons. The van der Waals surface area contributed by atoms with E-state index >= 15 is 0 Å². The summed E-state index contributed by atoms with van der Waals surface area (Å²) in [4.78, 5) is 13.5. The number of hydrogen-bond acceptors (Lipinski definition) is 5. The van der Waals surface area contributed by atoms with Gasteiger partial charge in [-0.05, 0) is 6.07 Å². The molecule has 0 bridgehead atoms. The van der Waals surface area contributed by atoms with E-state index in [1.54, 1.807) is 13.1 Å². The number of fused-ring (bicyclic) bond motifs is 1. The highest BCUT2D eigenvalue weighted by molar-refractivity contribution is 6.01. The quantitative estimate of drug-likeness (QED) is 0.822. The molecule has 6 heteroatoms. The zero-order chi connectivity index (χ0) is 14.2. The third kappa shape index (κ3) is 1.66. The molecule has 1 heterocycles. The summed E-state index contributed by atoms with van der Waals surface area (Å²) < 4.78 is 15.8. The predicted molar refractivity (Wildman–Crippen MR) is 66.5 cm³/mol. The monoisotopic (exact) mass is 262 g/mol. The van der Waals surface area contributed by atoms with Crippen LogP contribution in [0.4, 0.5) is 0 Å². The van der Waals surface area contributed by atoms with Crippen LogP contribution < -0.4 is 14.2 Å². The van der Waals surface area contributed by atoms with Gasteiger partial charge in [-0.25, -0.2) is 0 Å². The highest BCUT2D eigenvalue weighted by Crippen LogP contribution is 2.48. The molecule has 0 spiro atoms. The van der Waals surface area contributed by atoms with Crippen molar-refractivity contribution >= 4 is 5.91 Å². The fraction of sp³-hybridized carbons (Fsp3) is 0.385. The van der Waals surface area contributed by atoms with Crippen LogP contribution >= 0.6 is 0 Å². The number of carbonyl (C=O) groups is 1. The Bertz CT molecular complexity index is 577. The first-order chi connectivity index (χ1) is 9.10. The van der Waals surface area contributed by atoms with Crippen LogP contribution in [0.25, 0.3) is 0 Å². The Morgan fingerprint density at radius 3 is 2.32 bits per heavy atom. The standard InChI is InChI=1S/C13H14N2O4/c1-15-8(6-14)10-7(13(15)16)5-9(17-2)11(18-3)12(10)19-4/h5,8H,1-4H3. The highest BCUT2D eigenvalue weighted by Gasteiger charge is 2.39. The van der Waals surface area contributed by atoms with Crippen LogP contribution in [0.3, 0.4) is 0 Å². The molecule has 1 aliphatic rings. The molecule has 1 unspecified atom stereocenters. The van der Waals surface area contributed by atoms with Crippen LogP contribution in [-0.4, -0.2) is 39.2 Å². The molecule has 0 N–H and O–H groups in total. The Morgan fingerprint density at radius 2 is 1.84 bits per heavy atom. The Balaban J connectivity index is 2.79. The Kier molecular flexibility index (Phi) is 3.21. The topological polar surface area (TPSA) is 71.8 Å². The fourth-order valence-corrected chi connectivity index (χ4v) is 2.28. The second kappa shape index (κ2) is 4.69. The number of benzene rings is 1. The highest BCUT2D eigenvalue weighted by atomic mass is 16.5. The van der Waals surface area contributed by atoms with Crippen molar-refractivity contribution in [2.75, 3.05) is 28.4 Å². The maximum absolute atomic E-state index is 12.1. The van der Waals surface area contributed by atoms with Crippen LogP contribution in [0.2, 0.25) is 0 Å².